The van der Waals surface area contributed by atoms with Crippen LogP contribution in [-0.4, -0.2) is 5.11 Å². The van der Waals surface area contributed by atoms with Gasteiger partial charge in [0, 0.05) is 5.56 Å². The molecule has 1 nitrogen and oxygen atoms in total. The van der Waals surface area contributed by atoms with Gasteiger partial charge < -0.3 is 5.11 Å². The number of hydrogen-bond donors (Lipinski definition) is 1. The van der Waals surface area contributed by atoms with E-state index in [1.807, 2.05) is 0 Å². The van der Waals surface area contributed by atoms with E-state index in [9.17, 15) is 22.7 Å². The summed E-state index contributed by atoms with van der Waals surface area (Å²) in [6.45, 7) is 0. The van der Waals surface area contributed by atoms with Gasteiger partial charge in [0.05, 0.1) is 11.7 Å². The molecule has 0 aromatic heterocycles. The maximum absolute atomic E-state index is 13.6. The van der Waals surface area contributed by atoms with Gasteiger partial charge in [-0.1, -0.05) is 19.3 Å². The first-order valence-corrected chi connectivity index (χ1v) is 6.44. The van der Waals surface area contributed by atoms with E-state index in [1.165, 1.54) is 0 Å². The van der Waals surface area contributed by atoms with Crippen LogP contribution in [0.15, 0.2) is 18.2 Å². The van der Waals surface area contributed by atoms with Crippen molar-refractivity contribution < 1.29 is 22.7 Å². The summed E-state index contributed by atoms with van der Waals surface area (Å²) in [5.41, 5.74) is -1.15. The van der Waals surface area contributed by atoms with Gasteiger partial charge in [0.25, 0.3) is 0 Å². The Morgan fingerprint density at radius 2 is 1.74 bits per heavy atom. The maximum atomic E-state index is 13.6. The van der Waals surface area contributed by atoms with Crippen molar-refractivity contribution in [3.05, 3.63) is 35.1 Å². The van der Waals surface area contributed by atoms with Crippen molar-refractivity contribution >= 4 is 0 Å². The van der Waals surface area contributed by atoms with Crippen LogP contribution < -0.4 is 0 Å². The summed E-state index contributed by atoms with van der Waals surface area (Å²) in [6, 6.07) is 2.21. The van der Waals surface area contributed by atoms with Crippen LogP contribution in [0.4, 0.5) is 17.6 Å². The zero-order chi connectivity index (χ0) is 14.0. The van der Waals surface area contributed by atoms with E-state index >= 15 is 0 Å². The molecular formula is C14H16F4O. The molecule has 19 heavy (non-hydrogen) atoms. The molecule has 1 saturated carbocycles. The summed E-state index contributed by atoms with van der Waals surface area (Å²) in [5, 5.41) is 10.1. The molecular weight excluding hydrogens is 260 g/mol. The quantitative estimate of drug-likeness (QED) is 0.791. The average molecular weight is 276 g/mol. The molecule has 0 radical (unpaired) electrons. The second-order valence-corrected chi connectivity index (χ2v) is 5.08. The van der Waals surface area contributed by atoms with Crippen LogP contribution in [0.25, 0.3) is 0 Å². The van der Waals surface area contributed by atoms with Crippen LogP contribution in [0, 0.1) is 11.7 Å². The Morgan fingerprint density at radius 3 is 2.32 bits per heavy atom. The molecule has 0 saturated heterocycles. The summed E-state index contributed by atoms with van der Waals surface area (Å²) in [7, 11) is 0. The highest BCUT2D eigenvalue weighted by Gasteiger charge is 2.33. The van der Waals surface area contributed by atoms with Crippen molar-refractivity contribution in [1.82, 2.24) is 0 Å². The van der Waals surface area contributed by atoms with Gasteiger partial charge in [0.2, 0.25) is 0 Å². The molecule has 0 heterocycles. The fourth-order valence-corrected chi connectivity index (χ4v) is 2.65. The Kier molecular flexibility index (Phi) is 4.13. The smallest absolute Gasteiger partial charge is 0.388 e. The highest BCUT2D eigenvalue weighted by atomic mass is 19.4. The molecule has 0 spiro atoms. The molecule has 1 fully saturated rings. The third kappa shape index (κ3) is 3.26. The zero-order valence-corrected chi connectivity index (χ0v) is 10.4. The van der Waals surface area contributed by atoms with Crippen molar-refractivity contribution in [2.75, 3.05) is 0 Å². The average Bonchev–Trinajstić information content (AvgIpc) is 2.38. The molecule has 106 valence electrons. The van der Waals surface area contributed by atoms with Crippen LogP contribution in [0.2, 0.25) is 0 Å². The van der Waals surface area contributed by atoms with E-state index in [2.05, 4.69) is 0 Å². The predicted octanol–water partition coefficient (Wildman–Crippen LogP) is 4.46. The molecule has 0 aliphatic heterocycles. The normalized spacial score (nSPS) is 19.4. The van der Waals surface area contributed by atoms with Crippen molar-refractivity contribution in [3.8, 4) is 0 Å². The highest BCUT2D eigenvalue weighted by molar-refractivity contribution is 5.29. The standard InChI is InChI=1S/C14H16F4O/c15-12-7-6-10(14(16,17)18)8-11(12)13(19)9-4-2-1-3-5-9/h6-9,13,19H,1-5H2. The summed E-state index contributed by atoms with van der Waals surface area (Å²) in [6.07, 6.45) is -1.27. The third-order valence-corrected chi connectivity index (χ3v) is 3.74. The largest absolute Gasteiger partial charge is 0.416 e. The summed E-state index contributed by atoms with van der Waals surface area (Å²) in [4.78, 5) is 0. The Bertz CT molecular complexity index is 436. The van der Waals surface area contributed by atoms with Gasteiger partial charge in [-0.25, -0.2) is 4.39 Å². The first-order valence-electron chi connectivity index (χ1n) is 6.44. The van der Waals surface area contributed by atoms with Crippen LogP contribution in [0.3, 0.4) is 0 Å². The number of halogens is 4. The number of rotatable bonds is 2. The van der Waals surface area contributed by atoms with E-state index in [-0.39, 0.29) is 11.5 Å². The highest BCUT2D eigenvalue weighted by Crippen LogP contribution is 2.37. The van der Waals surface area contributed by atoms with Crippen LogP contribution in [0.5, 0.6) is 0 Å². The van der Waals surface area contributed by atoms with Crippen molar-refractivity contribution in [3.63, 3.8) is 0 Å². The van der Waals surface area contributed by atoms with E-state index in [1.54, 1.807) is 0 Å². The lowest BCUT2D eigenvalue weighted by Gasteiger charge is -2.27. The number of benzene rings is 1. The number of aliphatic hydroxyl groups is 1. The van der Waals surface area contributed by atoms with Gasteiger partial charge in [0.1, 0.15) is 5.82 Å². The van der Waals surface area contributed by atoms with Crippen LogP contribution >= 0.6 is 0 Å². The Labute approximate surface area is 109 Å². The fraction of sp³-hybridized carbons (Fsp3) is 0.571. The molecule has 1 aromatic rings. The molecule has 1 aliphatic carbocycles. The minimum Gasteiger partial charge on any atom is -0.388 e. The SMILES string of the molecule is OC(c1cc(C(F)(F)F)ccc1F)C1CCCCC1. The van der Waals surface area contributed by atoms with E-state index in [4.69, 9.17) is 0 Å². The molecule has 1 atom stereocenters. The van der Waals surface area contributed by atoms with Crippen molar-refractivity contribution in [2.24, 2.45) is 5.92 Å². The monoisotopic (exact) mass is 276 g/mol. The molecule has 1 aliphatic rings. The summed E-state index contributed by atoms with van der Waals surface area (Å²) >= 11 is 0. The third-order valence-electron chi connectivity index (χ3n) is 3.74. The van der Waals surface area contributed by atoms with Gasteiger partial charge in [0.15, 0.2) is 0 Å². The summed E-state index contributed by atoms with van der Waals surface area (Å²) < 4.78 is 51.4. The van der Waals surface area contributed by atoms with Crippen molar-refractivity contribution in [1.29, 1.82) is 0 Å². The molecule has 2 rings (SSSR count). The predicted molar refractivity (Wildman–Crippen MR) is 62.9 cm³/mol. The van der Waals surface area contributed by atoms with E-state index in [0.717, 1.165) is 44.2 Å². The Morgan fingerprint density at radius 1 is 1.11 bits per heavy atom. The topological polar surface area (TPSA) is 20.2 Å². The number of hydrogen-bond acceptors (Lipinski definition) is 1. The molecule has 5 heteroatoms. The first kappa shape index (κ1) is 14.3. The molecule has 1 unspecified atom stereocenters. The molecule has 0 amide bonds. The molecule has 1 aromatic carbocycles. The second kappa shape index (κ2) is 5.49. The first-order chi connectivity index (χ1) is 8.89. The minimum atomic E-state index is -4.52. The van der Waals surface area contributed by atoms with Gasteiger partial charge in [-0.15, -0.1) is 0 Å². The zero-order valence-electron chi connectivity index (χ0n) is 10.4. The van der Waals surface area contributed by atoms with Gasteiger partial charge in [-0.05, 0) is 37.0 Å². The lowest BCUT2D eigenvalue weighted by atomic mass is 9.82. The fourth-order valence-electron chi connectivity index (χ4n) is 2.65. The lowest BCUT2D eigenvalue weighted by Crippen LogP contribution is -2.18. The van der Waals surface area contributed by atoms with Gasteiger partial charge in [-0.3, -0.25) is 0 Å². The lowest BCUT2D eigenvalue weighted by molar-refractivity contribution is -0.137. The van der Waals surface area contributed by atoms with Crippen LogP contribution in [-0.2, 0) is 6.18 Å². The van der Waals surface area contributed by atoms with Crippen molar-refractivity contribution in [2.45, 2.75) is 44.4 Å². The number of aliphatic hydroxyl groups excluding tert-OH is 1. The second-order valence-electron chi connectivity index (χ2n) is 5.08. The Hall–Kier alpha value is -1.10. The van der Waals surface area contributed by atoms with E-state index < -0.39 is 23.7 Å². The molecule has 0 bridgehead atoms. The van der Waals surface area contributed by atoms with Crippen LogP contribution in [0.1, 0.15) is 49.3 Å². The maximum Gasteiger partial charge on any atom is 0.416 e. The minimum absolute atomic E-state index is 0.147. The van der Waals surface area contributed by atoms with Gasteiger partial charge >= 0.3 is 6.18 Å². The molecule has 1 N–H and O–H groups in total. The van der Waals surface area contributed by atoms with E-state index in [0.29, 0.717) is 6.07 Å². The Balaban J connectivity index is 2.27. The van der Waals surface area contributed by atoms with Gasteiger partial charge in [-0.2, -0.15) is 13.2 Å². The number of alkyl halides is 3. The summed E-state index contributed by atoms with van der Waals surface area (Å²) in [5.74, 6) is -0.919.